The summed E-state index contributed by atoms with van der Waals surface area (Å²) in [4.78, 5) is 14.5. The van der Waals surface area contributed by atoms with Crippen LogP contribution in [0, 0.1) is 0 Å². The summed E-state index contributed by atoms with van der Waals surface area (Å²) in [7, 11) is 0. The van der Waals surface area contributed by atoms with Gasteiger partial charge in [0.15, 0.2) is 5.76 Å². The standard InChI is InChI=1S/C15H18N2O3S/c18-15(19)12-5-2-1-3-7-17(12)10-11-9-13(20-16-11)14-6-4-8-21-14/h4,6,8-9,12H,1-3,5,7,10H2,(H,18,19). The first-order valence-corrected chi connectivity index (χ1v) is 8.08. The summed E-state index contributed by atoms with van der Waals surface area (Å²) in [5.41, 5.74) is 0.798. The Hall–Kier alpha value is -1.66. The van der Waals surface area contributed by atoms with Crippen LogP contribution in [0.15, 0.2) is 28.1 Å². The molecule has 0 radical (unpaired) electrons. The molecule has 2 aromatic rings. The Balaban J connectivity index is 1.73. The van der Waals surface area contributed by atoms with Crippen LogP contribution in [0.2, 0.25) is 0 Å². The van der Waals surface area contributed by atoms with Crippen molar-refractivity contribution in [2.24, 2.45) is 0 Å². The normalized spacial score (nSPS) is 20.3. The van der Waals surface area contributed by atoms with E-state index in [-0.39, 0.29) is 0 Å². The first-order chi connectivity index (χ1) is 10.2. The van der Waals surface area contributed by atoms with E-state index in [9.17, 15) is 9.90 Å². The van der Waals surface area contributed by atoms with E-state index >= 15 is 0 Å². The first kappa shape index (κ1) is 14.3. The van der Waals surface area contributed by atoms with Crippen LogP contribution in [0.5, 0.6) is 0 Å². The summed E-state index contributed by atoms with van der Waals surface area (Å²) < 4.78 is 5.36. The molecule has 2 aromatic heterocycles. The van der Waals surface area contributed by atoms with Crippen molar-refractivity contribution in [3.8, 4) is 10.6 Å². The maximum atomic E-state index is 11.4. The molecule has 1 N–H and O–H groups in total. The van der Waals surface area contributed by atoms with E-state index in [1.165, 1.54) is 0 Å². The monoisotopic (exact) mass is 306 g/mol. The Morgan fingerprint density at radius 1 is 1.48 bits per heavy atom. The lowest BCUT2D eigenvalue weighted by Crippen LogP contribution is -2.40. The number of aliphatic carboxylic acids is 1. The molecule has 0 aliphatic carbocycles. The van der Waals surface area contributed by atoms with Gasteiger partial charge in [0, 0.05) is 12.6 Å². The number of thiophene rings is 1. The number of carboxylic acid groups (broad SMARTS) is 1. The van der Waals surface area contributed by atoms with E-state index in [0.717, 1.165) is 42.1 Å². The van der Waals surface area contributed by atoms with E-state index in [4.69, 9.17) is 4.52 Å². The van der Waals surface area contributed by atoms with Gasteiger partial charge in [0.1, 0.15) is 6.04 Å². The minimum Gasteiger partial charge on any atom is -0.480 e. The van der Waals surface area contributed by atoms with Crippen LogP contribution < -0.4 is 0 Å². The van der Waals surface area contributed by atoms with Crippen molar-refractivity contribution in [1.29, 1.82) is 0 Å². The molecule has 0 bridgehead atoms. The highest BCUT2D eigenvalue weighted by Crippen LogP contribution is 2.26. The minimum absolute atomic E-state index is 0.408. The molecule has 0 spiro atoms. The fourth-order valence-corrected chi connectivity index (χ4v) is 3.44. The molecular weight excluding hydrogens is 288 g/mol. The number of likely N-dealkylation sites (tertiary alicyclic amines) is 1. The number of nitrogens with zero attached hydrogens (tertiary/aromatic N) is 2. The maximum Gasteiger partial charge on any atom is 0.320 e. The molecule has 0 aromatic carbocycles. The molecule has 21 heavy (non-hydrogen) atoms. The largest absolute Gasteiger partial charge is 0.480 e. The van der Waals surface area contributed by atoms with Gasteiger partial charge in [-0.1, -0.05) is 24.1 Å². The molecule has 1 aliphatic heterocycles. The lowest BCUT2D eigenvalue weighted by atomic mass is 10.1. The summed E-state index contributed by atoms with van der Waals surface area (Å²) in [6, 6.07) is 5.46. The third-order valence-corrected chi connectivity index (χ3v) is 4.72. The van der Waals surface area contributed by atoms with Crippen LogP contribution >= 0.6 is 11.3 Å². The lowest BCUT2D eigenvalue weighted by Gasteiger charge is -2.25. The van der Waals surface area contributed by atoms with Crippen LogP contribution in [0.25, 0.3) is 10.6 Å². The summed E-state index contributed by atoms with van der Waals surface area (Å²) >= 11 is 1.60. The van der Waals surface area contributed by atoms with E-state index in [2.05, 4.69) is 5.16 Å². The van der Waals surface area contributed by atoms with Crippen LogP contribution in [-0.4, -0.2) is 33.7 Å². The van der Waals surface area contributed by atoms with Crippen LogP contribution in [0.3, 0.4) is 0 Å². The minimum atomic E-state index is -0.737. The van der Waals surface area contributed by atoms with Crippen molar-refractivity contribution >= 4 is 17.3 Å². The van der Waals surface area contributed by atoms with Gasteiger partial charge >= 0.3 is 5.97 Å². The fraction of sp³-hybridized carbons (Fsp3) is 0.467. The number of rotatable bonds is 4. The van der Waals surface area contributed by atoms with Crippen molar-refractivity contribution in [1.82, 2.24) is 10.1 Å². The summed E-state index contributed by atoms with van der Waals surface area (Å²) in [5, 5.41) is 15.5. The Morgan fingerprint density at radius 3 is 3.14 bits per heavy atom. The lowest BCUT2D eigenvalue weighted by molar-refractivity contribution is -0.143. The molecule has 1 atom stereocenters. The van der Waals surface area contributed by atoms with E-state index in [1.807, 2.05) is 28.5 Å². The van der Waals surface area contributed by atoms with Crippen LogP contribution in [0.1, 0.15) is 31.4 Å². The zero-order valence-corrected chi connectivity index (χ0v) is 12.5. The smallest absolute Gasteiger partial charge is 0.320 e. The summed E-state index contributed by atoms with van der Waals surface area (Å²) in [5.74, 6) is 0.0144. The SMILES string of the molecule is O=C(O)C1CCCCCN1Cc1cc(-c2cccs2)on1. The van der Waals surface area contributed by atoms with Crippen molar-refractivity contribution in [2.45, 2.75) is 38.3 Å². The number of hydrogen-bond acceptors (Lipinski definition) is 5. The second-order valence-electron chi connectivity index (χ2n) is 5.33. The summed E-state index contributed by atoms with van der Waals surface area (Å²) in [6.07, 6.45) is 3.83. The topological polar surface area (TPSA) is 66.6 Å². The molecular formula is C15H18N2O3S. The number of carbonyl (C=O) groups is 1. The van der Waals surface area contributed by atoms with Gasteiger partial charge in [0.05, 0.1) is 10.6 Å². The first-order valence-electron chi connectivity index (χ1n) is 7.20. The van der Waals surface area contributed by atoms with E-state index < -0.39 is 12.0 Å². The van der Waals surface area contributed by atoms with Gasteiger partial charge in [-0.3, -0.25) is 9.69 Å². The molecule has 3 heterocycles. The highest BCUT2D eigenvalue weighted by Gasteiger charge is 2.27. The quantitative estimate of drug-likeness (QED) is 0.939. The maximum absolute atomic E-state index is 11.4. The molecule has 3 rings (SSSR count). The molecule has 112 valence electrons. The summed E-state index contributed by atoms with van der Waals surface area (Å²) in [6.45, 7) is 1.34. The van der Waals surface area contributed by atoms with Crippen LogP contribution in [-0.2, 0) is 11.3 Å². The second kappa shape index (κ2) is 6.41. The predicted octanol–water partition coefficient (Wildman–Crippen LogP) is 3.23. The number of carboxylic acids is 1. The average molecular weight is 306 g/mol. The molecule has 0 saturated carbocycles. The molecule has 0 amide bonds. The molecule has 1 unspecified atom stereocenters. The van der Waals surface area contributed by atoms with Crippen molar-refractivity contribution < 1.29 is 14.4 Å². The zero-order valence-electron chi connectivity index (χ0n) is 11.7. The zero-order chi connectivity index (χ0) is 14.7. The van der Waals surface area contributed by atoms with E-state index in [1.54, 1.807) is 11.3 Å². The number of aromatic nitrogens is 1. The Morgan fingerprint density at radius 2 is 2.38 bits per heavy atom. The fourth-order valence-electron chi connectivity index (χ4n) is 2.77. The predicted molar refractivity (Wildman–Crippen MR) is 80.1 cm³/mol. The highest BCUT2D eigenvalue weighted by molar-refractivity contribution is 7.13. The van der Waals surface area contributed by atoms with Crippen molar-refractivity contribution in [3.05, 3.63) is 29.3 Å². The Bertz CT molecular complexity index is 594. The molecule has 5 nitrogen and oxygen atoms in total. The van der Waals surface area contributed by atoms with Gasteiger partial charge in [0.2, 0.25) is 0 Å². The Labute approximate surface area is 127 Å². The third kappa shape index (κ3) is 3.33. The van der Waals surface area contributed by atoms with Gasteiger partial charge in [-0.15, -0.1) is 11.3 Å². The highest BCUT2D eigenvalue weighted by atomic mass is 32.1. The number of hydrogen-bond donors (Lipinski definition) is 1. The van der Waals surface area contributed by atoms with Crippen LogP contribution in [0.4, 0.5) is 0 Å². The molecule has 1 aliphatic rings. The van der Waals surface area contributed by atoms with Gasteiger partial charge in [-0.05, 0) is 30.8 Å². The van der Waals surface area contributed by atoms with Gasteiger partial charge in [0.25, 0.3) is 0 Å². The Kier molecular flexibility index (Phi) is 4.36. The van der Waals surface area contributed by atoms with Gasteiger partial charge < -0.3 is 9.63 Å². The van der Waals surface area contributed by atoms with Gasteiger partial charge in [-0.25, -0.2) is 0 Å². The third-order valence-electron chi connectivity index (χ3n) is 3.84. The molecule has 1 fully saturated rings. The van der Waals surface area contributed by atoms with Crippen molar-refractivity contribution in [2.75, 3.05) is 6.54 Å². The molecule has 1 saturated heterocycles. The average Bonchev–Trinajstić information content (AvgIpc) is 3.07. The molecule has 6 heteroatoms. The van der Waals surface area contributed by atoms with E-state index in [0.29, 0.717) is 13.0 Å². The van der Waals surface area contributed by atoms with Crippen molar-refractivity contribution in [3.63, 3.8) is 0 Å². The second-order valence-corrected chi connectivity index (χ2v) is 6.28. The van der Waals surface area contributed by atoms with Gasteiger partial charge in [-0.2, -0.15) is 0 Å².